The molecule has 2 aromatic carbocycles. The third-order valence-corrected chi connectivity index (χ3v) is 4.86. The van der Waals surface area contributed by atoms with Gasteiger partial charge in [-0.2, -0.15) is 0 Å². The molecule has 0 saturated heterocycles. The summed E-state index contributed by atoms with van der Waals surface area (Å²) in [5.74, 6) is -0.214. The monoisotopic (exact) mass is 359 g/mol. The van der Waals surface area contributed by atoms with Gasteiger partial charge < -0.3 is 5.32 Å². The number of alkyl halides is 2. The summed E-state index contributed by atoms with van der Waals surface area (Å²) in [6.45, 7) is 0. The minimum atomic E-state index is -0.738. The molecule has 0 aliphatic heterocycles. The number of halogens is 3. The molecule has 0 bridgehead atoms. The van der Waals surface area contributed by atoms with Gasteiger partial charge in [0.15, 0.2) is 0 Å². The maximum atomic E-state index is 12.1. The SMILES string of the molecule is O=C(N[C@@H](Sc1ccc(Cl)cc1)C(Cl)Cl)c1ccccc1. The van der Waals surface area contributed by atoms with E-state index in [0.717, 1.165) is 4.90 Å². The molecule has 21 heavy (non-hydrogen) atoms. The first-order valence-corrected chi connectivity index (χ1v) is 8.25. The number of carbonyl (C=O) groups is 1. The number of amides is 1. The zero-order chi connectivity index (χ0) is 15.2. The molecule has 2 nitrogen and oxygen atoms in total. The van der Waals surface area contributed by atoms with Crippen molar-refractivity contribution >= 4 is 52.5 Å². The Labute approximate surface area is 142 Å². The highest BCUT2D eigenvalue weighted by molar-refractivity contribution is 8.00. The van der Waals surface area contributed by atoms with Crippen LogP contribution < -0.4 is 5.32 Å². The lowest BCUT2D eigenvalue weighted by molar-refractivity contribution is 0.0951. The van der Waals surface area contributed by atoms with Crippen molar-refractivity contribution in [3.05, 3.63) is 65.2 Å². The Kier molecular flexibility index (Phi) is 6.24. The van der Waals surface area contributed by atoms with Gasteiger partial charge in [0.25, 0.3) is 5.91 Å². The molecular formula is C15H12Cl3NOS. The number of benzene rings is 2. The number of carbonyl (C=O) groups excluding carboxylic acids is 1. The number of nitrogens with one attached hydrogen (secondary N) is 1. The summed E-state index contributed by atoms with van der Waals surface area (Å²) in [6, 6.07) is 16.2. The Morgan fingerprint density at radius 1 is 1.00 bits per heavy atom. The van der Waals surface area contributed by atoms with E-state index in [-0.39, 0.29) is 5.91 Å². The van der Waals surface area contributed by atoms with Crippen molar-refractivity contribution in [3.63, 3.8) is 0 Å². The summed E-state index contributed by atoms with van der Waals surface area (Å²) in [5, 5.41) is 3.02. The molecule has 1 N–H and O–H groups in total. The summed E-state index contributed by atoms with van der Waals surface area (Å²) in [4.78, 5) is 12.3. The Morgan fingerprint density at radius 2 is 1.62 bits per heavy atom. The van der Waals surface area contributed by atoms with E-state index in [1.807, 2.05) is 18.2 Å². The van der Waals surface area contributed by atoms with E-state index >= 15 is 0 Å². The van der Waals surface area contributed by atoms with Crippen LogP contribution >= 0.6 is 46.6 Å². The lowest BCUT2D eigenvalue weighted by Crippen LogP contribution is -2.36. The molecule has 1 amide bonds. The predicted octanol–water partition coefficient (Wildman–Crippen LogP) is 4.99. The maximum Gasteiger partial charge on any atom is 0.252 e. The fraction of sp³-hybridized carbons (Fsp3) is 0.133. The smallest absolute Gasteiger partial charge is 0.252 e. The van der Waals surface area contributed by atoms with Crippen LogP contribution in [-0.2, 0) is 0 Å². The topological polar surface area (TPSA) is 29.1 Å². The fourth-order valence-electron chi connectivity index (χ4n) is 1.61. The highest BCUT2D eigenvalue weighted by Gasteiger charge is 2.21. The first-order valence-electron chi connectivity index (χ1n) is 6.12. The molecule has 0 saturated carbocycles. The molecule has 110 valence electrons. The molecule has 0 radical (unpaired) electrons. The van der Waals surface area contributed by atoms with Crippen LogP contribution in [0, 0.1) is 0 Å². The van der Waals surface area contributed by atoms with Gasteiger partial charge in [-0.3, -0.25) is 4.79 Å². The van der Waals surface area contributed by atoms with Gasteiger partial charge in [0.1, 0.15) is 10.2 Å². The van der Waals surface area contributed by atoms with Crippen LogP contribution in [0.15, 0.2) is 59.5 Å². The summed E-state index contributed by atoms with van der Waals surface area (Å²) < 4.78 is 0. The predicted molar refractivity (Wildman–Crippen MR) is 90.5 cm³/mol. The normalized spacial score (nSPS) is 12.2. The van der Waals surface area contributed by atoms with Crippen molar-refractivity contribution in [2.45, 2.75) is 15.1 Å². The van der Waals surface area contributed by atoms with Crippen LogP contribution in [0.3, 0.4) is 0 Å². The van der Waals surface area contributed by atoms with E-state index < -0.39 is 10.2 Å². The minimum absolute atomic E-state index is 0.214. The molecule has 0 unspecified atom stereocenters. The van der Waals surface area contributed by atoms with Crippen LogP contribution in [0.25, 0.3) is 0 Å². The van der Waals surface area contributed by atoms with Crippen LogP contribution in [0.1, 0.15) is 10.4 Å². The van der Waals surface area contributed by atoms with Crippen molar-refractivity contribution in [2.75, 3.05) is 0 Å². The third-order valence-electron chi connectivity index (χ3n) is 2.61. The van der Waals surface area contributed by atoms with E-state index in [1.54, 1.807) is 36.4 Å². The van der Waals surface area contributed by atoms with E-state index in [2.05, 4.69) is 5.32 Å². The van der Waals surface area contributed by atoms with E-state index in [0.29, 0.717) is 10.6 Å². The molecule has 0 aliphatic rings. The van der Waals surface area contributed by atoms with Crippen molar-refractivity contribution in [3.8, 4) is 0 Å². The van der Waals surface area contributed by atoms with Gasteiger partial charge in [-0.15, -0.1) is 23.2 Å². The number of hydrogen-bond acceptors (Lipinski definition) is 2. The molecule has 2 rings (SSSR count). The maximum absolute atomic E-state index is 12.1. The molecule has 1 atom stereocenters. The molecular weight excluding hydrogens is 349 g/mol. The Hall–Kier alpha value is -0.870. The lowest BCUT2D eigenvalue weighted by atomic mass is 10.2. The quantitative estimate of drug-likeness (QED) is 0.462. The molecule has 6 heteroatoms. The third kappa shape index (κ3) is 5.11. The average molecular weight is 361 g/mol. The van der Waals surface area contributed by atoms with Crippen LogP contribution in [-0.4, -0.2) is 16.1 Å². The van der Waals surface area contributed by atoms with E-state index in [4.69, 9.17) is 34.8 Å². The Balaban J connectivity index is 2.06. The van der Waals surface area contributed by atoms with Crippen LogP contribution in [0.5, 0.6) is 0 Å². The molecule has 2 aromatic rings. The van der Waals surface area contributed by atoms with Gasteiger partial charge >= 0.3 is 0 Å². The summed E-state index contributed by atoms with van der Waals surface area (Å²) in [7, 11) is 0. The zero-order valence-corrected chi connectivity index (χ0v) is 13.9. The first-order chi connectivity index (χ1) is 10.1. The van der Waals surface area contributed by atoms with Crippen molar-refractivity contribution in [2.24, 2.45) is 0 Å². The van der Waals surface area contributed by atoms with Gasteiger partial charge in [-0.05, 0) is 36.4 Å². The second kappa shape index (κ2) is 7.95. The highest BCUT2D eigenvalue weighted by Crippen LogP contribution is 2.29. The van der Waals surface area contributed by atoms with Gasteiger partial charge in [-0.25, -0.2) is 0 Å². The fourth-order valence-corrected chi connectivity index (χ4v) is 3.02. The first kappa shape index (κ1) is 16.5. The van der Waals surface area contributed by atoms with Crippen LogP contribution in [0.2, 0.25) is 5.02 Å². The van der Waals surface area contributed by atoms with E-state index in [1.165, 1.54) is 11.8 Å². The summed E-state index contributed by atoms with van der Waals surface area (Å²) in [6.07, 6.45) is 0. The van der Waals surface area contributed by atoms with Crippen LogP contribution in [0.4, 0.5) is 0 Å². The standard InChI is InChI=1S/C15H12Cl3NOS/c16-11-6-8-12(9-7-11)21-15(13(17)18)19-14(20)10-4-2-1-3-5-10/h1-9,13,15H,(H,19,20)/t15-/m0/s1. The molecule has 0 fully saturated rings. The molecule has 0 aliphatic carbocycles. The second-order valence-electron chi connectivity index (χ2n) is 4.17. The summed E-state index contributed by atoms with van der Waals surface area (Å²) >= 11 is 19.1. The average Bonchev–Trinajstić information content (AvgIpc) is 2.49. The molecule has 0 heterocycles. The Morgan fingerprint density at radius 3 is 2.19 bits per heavy atom. The van der Waals surface area contributed by atoms with Crippen molar-refractivity contribution < 1.29 is 4.79 Å². The summed E-state index contributed by atoms with van der Waals surface area (Å²) in [5.41, 5.74) is 0.563. The number of thioether (sulfide) groups is 1. The van der Waals surface area contributed by atoms with E-state index in [9.17, 15) is 4.79 Å². The number of hydrogen-bond donors (Lipinski definition) is 1. The van der Waals surface area contributed by atoms with Gasteiger partial charge in [0.05, 0.1) is 0 Å². The molecule has 0 spiro atoms. The van der Waals surface area contributed by atoms with Gasteiger partial charge in [0.2, 0.25) is 0 Å². The Bertz CT molecular complexity index is 590. The van der Waals surface area contributed by atoms with Crippen molar-refractivity contribution in [1.29, 1.82) is 0 Å². The minimum Gasteiger partial charge on any atom is -0.337 e. The van der Waals surface area contributed by atoms with Gasteiger partial charge in [0, 0.05) is 15.5 Å². The van der Waals surface area contributed by atoms with Gasteiger partial charge in [-0.1, -0.05) is 41.6 Å². The second-order valence-corrected chi connectivity index (χ2v) is 6.98. The number of rotatable bonds is 5. The van der Waals surface area contributed by atoms with Crippen molar-refractivity contribution in [1.82, 2.24) is 5.32 Å². The largest absolute Gasteiger partial charge is 0.337 e. The lowest BCUT2D eigenvalue weighted by Gasteiger charge is -2.19. The highest BCUT2D eigenvalue weighted by atomic mass is 35.5. The molecule has 0 aromatic heterocycles. The zero-order valence-electron chi connectivity index (χ0n) is 10.8.